The number of fused-ring (bicyclic) bond motifs is 3. The Kier molecular flexibility index (Phi) is 3.78. The molecule has 1 aromatic rings. The maximum atomic E-state index is 11.3. The molecule has 128 valence electrons. The normalized spacial score (nSPS) is 24.2. The third kappa shape index (κ3) is 2.72. The van der Waals surface area contributed by atoms with Crippen LogP contribution in [0.25, 0.3) is 0 Å². The molecular weight excluding hydrogens is 312 g/mol. The third-order valence-electron chi connectivity index (χ3n) is 4.95. The average molecular weight is 332 g/mol. The van der Waals surface area contributed by atoms with Crippen molar-refractivity contribution in [1.82, 2.24) is 0 Å². The van der Waals surface area contributed by atoms with Crippen molar-refractivity contribution in [3.63, 3.8) is 0 Å². The minimum atomic E-state index is -0.993. The lowest BCUT2D eigenvalue weighted by Gasteiger charge is -2.46. The topological polar surface area (TPSA) is 104 Å². The first-order valence-corrected chi connectivity index (χ1v) is 7.89. The number of phenols is 1. The lowest BCUT2D eigenvalue weighted by atomic mass is 9.67. The lowest BCUT2D eigenvalue weighted by Crippen LogP contribution is -2.45. The van der Waals surface area contributed by atoms with Crippen LogP contribution in [-0.4, -0.2) is 32.9 Å². The SMILES string of the molecule is CC1(C)Oc2cc(CC(=O)O)cc(O)c2C2C=C(C(=O)O)CCC21. The van der Waals surface area contributed by atoms with Crippen molar-refractivity contribution in [1.29, 1.82) is 0 Å². The second kappa shape index (κ2) is 5.54. The fourth-order valence-corrected chi connectivity index (χ4v) is 3.87. The van der Waals surface area contributed by atoms with Gasteiger partial charge in [-0.1, -0.05) is 6.08 Å². The molecule has 2 unspecified atom stereocenters. The second-order valence-corrected chi connectivity index (χ2v) is 6.97. The summed E-state index contributed by atoms with van der Waals surface area (Å²) in [6, 6.07) is 3.05. The van der Waals surface area contributed by atoms with Crippen LogP contribution in [0.15, 0.2) is 23.8 Å². The van der Waals surface area contributed by atoms with E-state index in [-0.39, 0.29) is 24.0 Å². The van der Waals surface area contributed by atoms with Crippen LogP contribution in [0.4, 0.5) is 0 Å². The Morgan fingerprint density at radius 2 is 2.00 bits per heavy atom. The predicted molar refractivity (Wildman–Crippen MR) is 85.3 cm³/mol. The summed E-state index contributed by atoms with van der Waals surface area (Å²) in [5.41, 5.74) is 0.805. The smallest absolute Gasteiger partial charge is 0.331 e. The number of carboxylic acid groups (broad SMARTS) is 2. The van der Waals surface area contributed by atoms with Crippen LogP contribution in [0.1, 0.15) is 43.7 Å². The minimum absolute atomic E-state index is 0.0443. The molecule has 0 bridgehead atoms. The first kappa shape index (κ1) is 16.4. The van der Waals surface area contributed by atoms with E-state index in [1.807, 2.05) is 13.8 Å². The van der Waals surface area contributed by atoms with Crippen molar-refractivity contribution in [2.24, 2.45) is 5.92 Å². The van der Waals surface area contributed by atoms with Gasteiger partial charge in [-0.3, -0.25) is 4.79 Å². The summed E-state index contributed by atoms with van der Waals surface area (Å²) in [4.78, 5) is 22.3. The van der Waals surface area contributed by atoms with E-state index in [4.69, 9.17) is 9.84 Å². The monoisotopic (exact) mass is 332 g/mol. The number of carbonyl (C=O) groups is 2. The number of hydrogen-bond acceptors (Lipinski definition) is 4. The molecule has 6 nitrogen and oxygen atoms in total. The first-order valence-electron chi connectivity index (χ1n) is 7.89. The molecule has 6 heteroatoms. The van der Waals surface area contributed by atoms with Gasteiger partial charge in [-0.05, 0) is 44.4 Å². The molecule has 0 radical (unpaired) electrons. The molecular formula is C18H20O6. The van der Waals surface area contributed by atoms with Crippen LogP contribution in [0, 0.1) is 5.92 Å². The highest BCUT2D eigenvalue weighted by Crippen LogP contribution is 2.53. The summed E-state index contributed by atoms with van der Waals surface area (Å²) in [5.74, 6) is -1.77. The van der Waals surface area contributed by atoms with Crippen LogP contribution in [-0.2, 0) is 16.0 Å². The van der Waals surface area contributed by atoms with E-state index in [9.17, 15) is 19.8 Å². The molecule has 3 rings (SSSR count). The van der Waals surface area contributed by atoms with E-state index in [1.165, 1.54) is 6.07 Å². The van der Waals surface area contributed by atoms with Crippen molar-refractivity contribution in [2.75, 3.05) is 0 Å². The van der Waals surface area contributed by atoms with Gasteiger partial charge < -0.3 is 20.1 Å². The summed E-state index contributed by atoms with van der Waals surface area (Å²) in [6.45, 7) is 3.88. The average Bonchev–Trinajstić information content (AvgIpc) is 2.44. The quantitative estimate of drug-likeness (QED) is 0.786. The van der Waals surface area contributed by atoms with Gasteiger partial charge in [0.05, 0.1) is 6.42 Å². The number of phenolic OH excluding ortho intramolecular Hbond substituents is 1. The number of ether oxygens (including phenoxy) is 1. The van der Waals surface area contributed by atoms with Gasteiger partial charge in [-0.25, -0.2) is 4.79 Å². The van der Waals surface area contributed by atoms with Gasteiger partial charge in [0.2, 0.25) is 0 Å². The number of benzene rings is 1. The zero-order valence-electron chi connectivity index (χ0n) is 13.6. The highest BCUT2D eigenvalue weighted by Gasteiger charge is 2.46. The second-order valence-electron chi connectivity index (χ2n) is 6.97. The van der Waals surface area contributed by atoms with Crippen LogP contribution in [0.2, 0.25) is 0 Å². The maximum absolute atomic E-state index is 11.3. The minimum Gasteiger partial charge on any atom is -0.507 e. The molecule has 1 heterocycles. The Bertz CT molecular complexity index is 746. The highest BCUT2D eigenvalue weighted by molar-refractivity contribution is 5.87. The van der Waals surface area contributed by atoms with E-state index in [1.54, 1.807) is 12.1 Å². The number of aliphatic carboxylic acids is 2. The van der Waals surface area contributed by atoms with Gasteiger partial charge in [-0.2, -0.15) is 0 Å². The van der Waals surface area contributed by atoms with Crippen LogP contribution in [0.3, 0.4) is 0 Å². The van der Waals surface area contributed by atoms with Gasteiger partial charge in [0.15, 0.2) is 0 Å². The summed E-state index contributed by atoms with van der Waals surface area (Å²) < 4.78 is 6.06. The van der Waals surface area contributed by atoms with Crippen molar-refractivity contribution < 1.29 is 29.6 Å². The molecule has 1 aliphatic carbocycles. The first-order chi connectivity index (χ1) is 11.2. The Labute approximate surface area is 139 Å². The Morgan fingerprint density at radius 1 is 1.29 bits per heavy atom. The largest absolute Gasteiger partial charge is 0.507 e. The number of hydrogen-bond donors (Lipinski definition) is 3. The highest BCUT2D eigenvalue weighted by atomic mass is 16.5. The number of allylic oxidation sites excluding steroid dienone is 1. The molecule has 0 spiro atoms. The molecule has 0 aromatic heterocycles. The van der Waals surface area contributed by atoms with Crippen molar-refractivity contribution in [3.8, 4) is 11.5 Å². The summed E-state index contributed by atoms with van der Waals surface area (Å²) in [6.07, 6.45) is 2.62. The summed E-state index contributed by atoms with van der Waals surface area (Å²) in [5, 5.41) is 28.7. The maximum Gasteiger partial charge on any atom is 0.331 e. The molecule has 2 atom stereocenters. The molecule has 0 saturated heterocycles. The van der Waals surface area contributed by atoms with Crippen LogP contribution >= 0.6 is 0 Å². The van der Waals surface area contributed by atoms with E-state index in [2.05, 4.69) is 0 Å². The number of rotatable bonds is 3. The molecule has 2 aliphatic rings. The van der Waals surface area contributed by atoms with E-state index in [0.717, 1.165) is 0 Å². The molecule has 0 fully saturated rings. The molecule has 0 amide bonds. The van der Waals surface area contributed by atoms with Gasteiger partial charge in [0.1, 0.15) is 17.1 Å². The lowest BCUT2D eigenvalue weighted by molar-refractivity contribution is -0.136. The Balaban J connectivity index is 2.13. The van der Waals surface area contributed by atoms with E-state index >= 15 is 0 Å². The molecule has 24 heavy (non-hydrogen) atoms. The molecule has 0 saturated carbocycles. The molecule has 3 N–H and O–H groups in total. The Morgan fingerprint density at radius 3 is 2.62 bits per heavy atom. The predicted octanol–water partition coefficient (Wildman–Crippen LogP) is 2.69. The fourth-order valence-electron chi connectivity index (χ4n) is 3.87. The van der Waals surface area contributed by atoms with E-state index < -0.39 is 17.5 Å². The van der Waals surface area contributed by atoms with Crippen LogP contribution in [0.5, 0.6) is 11.5 Å². The fraction of sp³-hybridized carbons (Fsp3) is 0.444. The Hall–Kier alpha value is -2.50. The molecule has 1 aliphatic heterocycles. The molecule has 1 aromatic carbocycles. The van der Waals surface area contributed by atoms with Crippen LogP contribution < -0.4 is 4.74 Å². The third-order valence-corrected chi connectivity index (χ3v) is 4.95. The van der Waals surface area contributed by atoms with Crippen molar-refractivity contribution in [2.45, 2.75) is 44.6 Å². The standard InChI is InChI=1S/C18H20O6/c1-18(2)12-4-3-10(17(22)23)8-11(12)16-13(19)5-9(7-15(20)21)6-14(16)24-18/h5-6,8,11-12,19H,3-4,7H2,1-2H3,(H,20,21)(H,22,23). The zero-order valence-corrected chi connectivity index (χ0v) is 13.6. The van der Waals surface area contributed by atoms with Crippen molar-refractivity contribution in [3.05, 3.63) is 34.9 Å². The number of aromatic hydroxyl groups is 1. The number of carboxylic acids is 2. The van der Waals surface area contributed by atoms with Gasteiger partial charge >= 0.3 is 11.9 Å². The van der Waals surface area contributed by atoms with E-state index in [0.29, 0.717) is 35.3 Å². The zero-order chi connectivity index (χ0) is 17.6. The van der Waals surface area contributed by atoms with Gasteiger partial charge in [-0.15, -0.1) is 0 Å². The van der Waals surface area contributed by atoms with Gasteiger partial charge in [0, 0.05) is 23.0 Å². The van der Waals surface area contributed by atoms with Crippen molar-refractivity contribution >= 4 is 11.9 Å². The van der Waals surface area contributed by atoms with Gasteiger partial charge in [0.25, 0.3) is 0 Å². The summed E-state index contributed by atoms with van der Waals surface area (Å²) in [7, 11) is 0. The summed E-state index contributed by atoms with van der Waals surface area (Å²) >= 11 is 0.